The number of carbonyl (C=O) groups is 1. The van der Waals surface area contributed by atoms with Crippen molar-refractivity contribution in [3.63, 3.8) is 0 Å². The predicted molar refractivity (Wildman–Crippen MR) is 125 cm³/mol. The molecule has 4 aromatic rings. The Bertz CT molecular complexity index is 1300. The lowest BCUT2D eigenvalue weighted by Gasteiger charge is -2.33. The Morgan fingerprint density at radius 2 is 2.09 bits per heavy atom. The third-order valence-electron chi connectivity index (χ3n) is 5.62. The van der Waals surface area contributed by atoms with Crippen LogP contribution in [0.3, 0.4) is 0 Å². The molecule has 3 aromatic heterocycles. The second-order valence-electron chi connectivity index (χ2n) is 7.81. The molecule has 9 heteroatoms. The second kappa shape index (κ2) is 8.87. The standard InChI is InChI=1S/C24H24N6O3/c1-16-14-29(11-12-33-16)21-8-9-25-13-19(21)28-24(31)18-7-10-26-30-15-20(27-23(18)30)17-5-3-4-6-22(17)32-2/h3-10,13,15-16H,11-12,14H2,1-2H3,(H,28,31). The molecule has 0 bridgehead atoms. The second-order valence-corrected chi connectivity index (χ2v) is 7.81. The number of nitrogens with one attached hydrogen (secondary N) is 1. The lowest BCUT2D eigenvalue weighted by atomic mass is 10.1. The summed E-state index contributed by atoms with van der Waals surface area (Å²) in [7, 11) is 1.62. The van der Waals surface area contributed by atoms with E-state index in [9.17, 15) is 4.79 Å². The number of aromatic nitrogens is 4. The van der Waals surface area contributed by atoms with Gasteiger partial charge >= 0.3 is 0 Å². The van der Waals surface area contributed by atoms with Crippen LogP contribution in [0.2, 0.25) is 0 Å². The molecule has 1 aromatic carbocycles. The van der Waals surface area contributed by atoms with Crippen LogP contribution in [0.1, 0.15) is 17.3 Å². The van der Waals surface area contributed by atoms with E-state index in [0.717, 1.165) is 24.3 Å². The number of morpholine rings is 1. The molecule has 1 aliphatic rings. The molecule has 4 heterocycles. The lowest BCUT2D eigenvalue weighted by Crippen LogP contribution is -2.41. The van der Waals surface area contributed by atoms with Crippen LogP contribution < -0.4 is 15.0 Å². The number of para-hydroxylation sites is 1. The zero-order chi connectivity index (χ0) is 22.8. The first-order valence-corrected chi connectivity index (χ1v) is 10.7. The molecule has 168 valence electrons. The predicted octanol–water partition coefficient (Wildman–Crippen LogP) is 3.28. The molecule has 1 N–H and O–H groups in total. The maximum absolute atomic E-state index is 13.3. The Kier molecular flexibility index (Phi) is 5.62. The van der Waals surface area contributed by atoms with Crippen molar-refractivity contribution < 1.29 is 14.3 Å². The minimum absolute atomic E-state index is 0.119. The fourth-order valence-corrected chi connectivity index (χ4v) is 4.05. The summed E-state index contributed by atoms with van der Waals surface area (Å²) in [6.07, 6.45) is 6.88. The smallest absolute Gasteiger partial charge is 0.259 e. The van der Waals surface area contributed by atoms with Crippen LogP contribution >= 0.6 is 0 Å². The fourth-order valence-electron chi connectivity index (χ4n) is 4.05. The number of methoxy groups -OCH3 is 1. The van der Waals surface area contributed by atoms with E-state index in [2.05, 4.69) is 20.3 Å². The quantitative estimate of drug-likeness (QED) is 0.505. The third-order valence-corrected chi connectivity index (χ3v) is 5.62. The van der Waals surface area contributed by atoms with Gasteiger partial charge < -0.3 is 19.7 Å². The van der Waals surface area contributed by atoms with E-state index < -0.39 is 0 Å². The number of rotatable bonds is 5. The summed E-state index contributed by atoms with van der Waals surface area (Å²) in [6, 6.07) is 11.2. The Morgan fingerprint density at radius 3 is 2.94 bits per heavy atom. The van der Waals surface area contributed by atoms with Gasteiger partial charge in [-0.05, 0) is 31.2 Å². The Morgan fingerprint density at radius 1 is 1.21 bits per heavy atom. The molecule has 1 aliphatic heterocycles. The van der Waals surface area contributed by atoms with Gasteiger partial charge in [-0.15, -0.1) is 0 Å². The summed E-state index contributed by atoms with van der Waals surface area (Å²) >= 11 is 0. The number of imidazole rings is 1. The highest BCUT2D eigenvalue weighted by atomic mass is 16.5. The summed E-state index contributed by atoms with van der Waals surface area (Å²) < 4.78 is 12.7. The Labute approximate surface area is 191 Å². The molecule has 0 saturated carbocycles. The molecule has 0 radical (unpaired) electrons. The zero-order valence-electron chi connectivity index (χ0n) is 18.4. The number of pyridine rings is 1. The molecule has 1 saturated heterocycles. The van der Waals surface area contributed by atoms with Gasteiger partial charge in [0.2, 0.25) is 0 Å². The highest BCUT2D eigenvalue weighted by Crippen LogP contribution is 2.30. The van der Waals surface area contributed by atoms with Gasteiger partial charge in [-0.3, -0.25) is 9.78 Å². The van der Waals surface area contributed by atoms with Gasteiger partial charge in [0, 0.05) is 31.0 Å². The number of carbonyl (C=O) groups excluding carboxylic acids is 1. The van der Waals surface area contributed by atoms with Gasteiger partial charge in [-0.25, -0.2) is 9.50 Å². The van der Waals surface area contributed by atoms with E-state index in [1.54, 1.807) is 42.5 Å². The number of nitrogens with zero attached hydrogens (tertiary/aromatic N) is 5. The van der Waals surface area contributed by atoms with Crippen LogP contribution in [0.15, 0.2) is 61.2 Å². The molecular formula is C24H24N6O3. The highest BCUT2D eigenvalue weighted by molar-refractivity contribution is 6.09. The van der Waals surface area contributed by atoms with E-state index in [1.165, 1.54) is 0 Å². The molecule has 1 fully saturated rings. The highest BCUT2D eigenvalue weighted by Gasteiger charge is 2.22. The van der Waals surface area contributed by atoms with E-state index >= 15 is 0 Å². The van der Waals surface area contributed by atoms with Crippen LogP contribution in [0.5, 0.6) is 5.75 Å². The minimum Gasteiger partial charge on any atom is -0.496 e. The molecule has 0 aliphatic carbocycles. The molecule has 0 spiro atoms. The first kappa shape index (κ1) is 20.9. The normalized spacial score (nSPS) is 16.1. The average Bonchev–Trinajstić information content (AvgIpc) is 3.28. The van der Waals surface area contributed by atoms with Crippen molar-refractivity contribution in [3.8, 4) is 17.0 Å². The molecule has 1 amide bonds. The molecular weight excluding hydrogens is 420 g/mol. The maximum atomic E-state index is 13.3. The van der Waals surface area contributed by atoms with Crippen LogP contribution in [-0.2, 0) is 4.74 Å². The van der Waals surface area contributed by atoms with Gasteiger partial charge in [-0.1, -0.05) is 12.1 Å². The number of ether oxygens (including phenoxy) is 2. The van der Waals surface area contributed by atoms with E-state index in [1.807, 2.05) is 37.3 Å². The largest absolute Gasteiger partial charge is 0.496 e. The van der Waals surface area contributed by atoms with Gasteiger partial charge in [-0.2, -0.15) is 5.10 Å². The van der Waals surface area contributed by atoms with Crippen LogP contribution in [-0.4, -0.2) is 58.4 Å². The van der Waals surface area contributed by atoms with Crippen LogP contribution in [0, 0.1) is 0 Å². The molecule has 5 rings (SSSR count). The molecule has 1 unspecified atom stereocenters. The Balaban J connectivity index is 1.47. The van der Waals surface area contributed by atoms with Crippen molar-refractivity contribution in [3.05, 3.63) is 66.7 Å². The van der Waals surface area contributed by atoms with Crippen molar-refractivity contribution in [1.29, 1.82) is 0 Å². The van der Waals surface area contributed by atoms with Gasteiger partial charge in [0.15, 0.2) is 5.65 Å². The first-order valence-electron chi connectivity index (χ1n) is 10.7. The fraction of sp³-hybridized carbons (Fsp3) is 0.250. The van der Waals surface area contributed by atoms with Gasteiger partial charge in [0.1, 0.15) is 5.75 Å². The maximum Gasteiger partial charge on any atom is 0.259 e. The number of hydrogen-bond donors (Lipinski definition) is 1. The number of fused-ring (bicyclic) bond motifs is 1. The Hall–Kier alpha value is -3.98. The minimum atomic E-state index is -0.282. The van der Waals surface area contributed by atoms with E-state index in [-0.39, 0.29) is 12.0 Å². The van der Waals surface area contributed by atoms with Gasteiger partial charge in [0.25, 0.3) is 5.91 Å². The van der Waals surface area contributed by atoms with Crippen molar-refractivity contribution in [2.45, 2.75) is 13.0 Å². The van der Waals surface area contributed by atoms with E-state index in [4.69, 9.17) is 14.5 Å². The summed E-state index contributed by atoms with van der Waals surface area (Å²) in [5.74, 6) is 0.418. The summed E-state index contributed by atoms with van der Waals surface area (Å²) in [6.45, 7) is 4.17. The van der Waals surface area contributed by atoms with Crippen LogP contribution in [0.4, 0.5) is 11.4 Å². The molecule has 1 atom stereocenters. The number of anilines is 2. The van der Waals surface area contributed by atoms with Crippen molar-refractivity contribution in [1.82, 2.24) is 19.6 Å². The lowest BCUT2D eigenvalue weighted by molar-refractivity contribution is 0.0533. The van der Waals surface area contributed by atoms with Crippen molar-refractivity contribution >= 4 is 22.9 Å². The summed E-state index contributed by atoms with van der Waals surface area (Å²) in [5.41, 5.74) is 3.93. The topological polar surface area (TPSA) is 93.9 Å². The summed E-state index contributed by atoms with van der Waals surface area (Å²) in [5, 5.41) is 7.34. The van der Waals surface area contributed by atoms with Crippen molar-refractivity contribution in [2.75, 3.05) is 37.0 Å². The number of amides is 1. The monoisotopic (exact) mass is 444 g/mol. The average molecular weight is 444 g/mol. The third kappa shape index (κ3) is 4.10. The zero-order valence-corrected chi connectivity index (χ0v) is 18.4. The number of benzene rings is 1. The van der Waals surface area contributed by atoms with Crippen LogP contribution in [0.25, 0.3) is 16.9 Å². The van der Waals surface area contributed by atoms with E-state index in [0.29, 0.717) is 34.9 Å². The molecule has 33 heavy (non-hydrogen) atoms. The number of hydrogen-bond acceptors (Lipinski definition) is 7. The molecule has 9 nitrogen and oxygen atoms in total. The van der Waals surface area contributed by atoms with Gasteiger partial charge in [0.05, 0.1) is 54.8 Å². The summed E-state index contributed by atoms with van der Waals surface area (Å²) in [4.78, 5) is 24.4. The first-order chi connectivity index (χ1) is 16.1. The SMILES string of the molecule is COc1ccccc1-c1cn2nccc(C(=O)Nc3cnccc3N3CCOC(C)C3)c2n1. The van der Waals surface area contributed by atoms with Crippen molar-refractivity contribution in [2.24, 2.45) is 0 Å².